The molecule has 2 aliphatic rings. The van der Waals surface area contributed by atoms with Crippen molar-refractivity contribution in [1.82, 2.24) is 10.3 Å². The van der Waals surface area contributed by atoms with E-state index in [4.69, 9.17) is 9.47 Å². The van der Waals surface area contributed by atoms with E-state index >= 15 is 0 Å². The van der Waals surface area contributed by atoms with Gasteiger partial charge in [0.2, 0.25) is 5.88 Å². The molecular weight excluding hydrogens is 304 g/mol. The molecule has 5 nitrogen and oxygen atoms in total. The number of amides is 1. The number of carbonyl (C=O) groups excluding carboxylic acids is 1. The molecule has 0 unspecified atom stereocenters. The molecule has 1 atom stereocenters. The van der Waals surface area contributed by atoms with Gasteiger partial charge in [0.05, 0.1) is 6.61 Å². The zero-order valence-electron chi connectivity index (χ0n) is 13.4. The first-order valence-electron chi connectivity index (χ1n) is 8.38. The van der Waals surface area contributed by atoms with Gasteiger partial charge < -0.3 is 14.8 Å². The van der Waals surface area contributed by atoms with Crippen LogP contribution >= 0.6 is 0 Å². The van der Waals surface area contributed by atoms with Crippen molar-refractivity contribution in [2.24, 2.45) is 5.92 Å². The van der Waals surface area contributed by atoms with Crippen molar-refractivity contribution >= 4 is 5.91 Å². The summed E-state index contributed by atoms with van der Waals surface area (Å²) in [5.74, 6) is 2.02. The summed E-state index contributed by atoms with van der Waals surface area (Å²) in [7, 11) is 0. The minimum atomic E-state index is -0.449. The van der Waals surface area contributed by atoms with Gasteiger partial charge in [0.15, 0.2) is 6.10 Å². The lowest BCUT2D eigenvalue weighted by molar-refractivity contribution is -0.127. The highest BCUT2D eigenvalue weighted by molar-refractivity contribution is 5.82. The first kappa shape index (κ1) is 15.0. The van der Waals surface area contributed by atoms with Crippen LogP contribution in [0, 0.1) is 5.92 Å². The fourth-order valence-electron chi connectivity index (χ4n) is 2.76. The standard InChI is InChI=1S/C19H20N2O3/c22-19(17-10-15-3-1-2-4-16(15)24-17)21-11-14-7-8-20-18(9-14)23-12-13-5-6-13/h1-4,7-9,13,17H,5-6,10-12H2,(H,21,22)/t17-/m0/s1. The number of hydrogen-bond acceptors (Lipinski definition) is 4. The molecule has 24 heavy (non-hydrogen) atoms. The lowest BCUT2D eigenvalue weighted by Gasteiger charge is -2.12. The molecular formula is C19H20N2O3. The third kappa shape index (κ3) is 3.50. The second kappa shape index (κ2) is 6.51. The molecule has 1 aliphatic heterocycles. The number of ether oxygens (including phenoxy) is 2. The number of nitrogens with one attached hydrogen (secondary N) is 1. The molecule has 1 fully saturated rings. The number of fused-ring (bicyclic) bond motifs is 1. The van der Waals surface area contributed by atoms with Gasteiger partial charge in [-0.05, 0) is 42.0 Å². The molecule has 0 radical (unpaired) electrons. The Balaban J connectivity index is 1.30. The Kier molecular flexibility index (Phi) is 4.07. The number of pyridine rings is 1. The number of nitrogens with zero attached hydrogens (tertiary/aromatic N) is 1. The monoisotopic (exact) mass is 324 g/mol. The topological polar surface area (TPSA) is 60.5 Å². The van der Waals surface area contributed by atoms with E-state index in [1.165, 1.54) is 12.8 Å². The minimum Gasteiger partial charge on any atom is -0.480 e. The van der Waals surface area contributed by atoms with E-state index in [1.807, 2.05) is 36.4 Å². The van der Waals surface area contributed by atoms with Crippen LogP contribution in [0.2, 0.25) is 0 Å². The van der Waals surface area contributed by atoms with Gasteiger partial charge in [0.25, 0.3) is 5.91 Å². The van der Waals surface area contributed by atoms with Gasteiger partial charge in [-0.15, -0.1) is 0 Å². The van der Waals surface area contributed by atoms with Crippen molar-refractivity contribution in [3.05, 3.63) is 53.7 Å². The summed E-state index contributed by atoms with van der Waals surface area (Å²) in [6, 6.07) is 11.5. The van der Waals surface area contributed by atoms with Crippen molar-refractivity contribution in [1.29, 1.82) is 0 Å². The highest BCUT2D eigenvalue weighted by Crippen LogP contribution is 2.29. The molecule has 5 heteroatoms. The van der Waals surface area contributed by atoms with Crippen molar-refractivity contribution in [3.63, 3.8) is 0 Å². The van der Waals surface area contributed by atoms with Gasteiger partial charge in [0.1, 0.15) is 5.75 Å². The van der Waals surface area contributed by atoms with E-state index in [9.17, 15) is 4.79 Å². The summed E-state index contributed by atoms with van der Waals surface area (Å²) >= 11 is 0. The number of para-hydroxylation sites is 1. The van der Waals surface area contributed by atoms with Crippen LogP contribution in [0.25, 0.3) is 0 Å². The van der Waals surface area contributed by atoms with Gasteiger partial charge in [-0.3, -0.25) is 4.79 Å². The summed E-state index contributed by atoms with van der Waals surface area (Å²) in [4.78, 5) is 16.5. The highest BCUT2D eigenvalue weighted by atomic mass is 16.5. The summed E-state index contributed by atoms with van der Waals surface area (Å²) < 4.78 is 11.4. The molecule has 2 heterocycles. The molecule has 124 valence electrons. The molecule has 2 aromatic rings. The van der Waals surface area contributed by atoms with Crippen LogP contribution in [-0.2, 0) is 17.8 Å². The average molecular weight is 324 g/mol. The summed E-state index contributed by atoms with van der Waals surface area (Å²) in [6.07, 6.45) is 4.38. The SMILES string of the molecule is O=C(NCc1ccnc(OCC2CC2)c1)[C@@H]1Cc2ccccc2O1. The maximum atomic E-state index is 12.3. The first-order valence-corrected chi connectivity index (χ1v) is 8.38. The Labute approximate surface area is 141 Å². The van der Waals surface area contributed by atoms with Crippen LogP contribution in [-0.4, -0.2) is 23.6 Å². The van der Waals surface area contributed by atoms with Crippen molar-refractivity contribution < 1.29 is 14.3 Å². The second-order valence-electron chi connectivity index (χ2n) is 6.39. The lowest BCUT2D eigenvalue weighted by atomic mass is 10.1. The predicted molar refractivity (Wildman–Crippen MR) is 88.9 cm³/mol. The maximum Gasteiger partial charge on any atom is 0.261 e. The Morgan fingerprint density at radius 2 is 2.17 bits per heavy atom. The van der Waals surface area contributed by atoms with E-state index in [2.05, 4.69) is 10.3 Å². The molecule has 0 spiro atoms. The fourth-order valence-corrected chi connectivity index (χ4v) is 2.76. The lowest BCUT2D eigenvalue weighted by Crippen LogP contribution is -2.37. The molecule has 0 bridgehead atoms. The molecule has 1 N–H and O–H groups in total. The van der Waals surface area contributed by atoms with E-state index in [-0.39, 0.29) is 5.91 Å². The van der Waals surface area contributed by atoms with Crippen LogP contribution in [0.5, 0.6) is 11.6 Å². The van der Waals surface area contributed by atoms with Crippen molar-refractivity contribution in [2.75, 3.05) is 6.61 Å². The predicted octanol–water partition coefficient (Wildman–Crippen LogP) is 2.49. The highest BCUT2D eigenvalue weighted by Gasteiger charge is 2.28. The normalized spacial score (nSPS) is 18.6. The third-order valence-electron chi connectivity index (χ3n) is 4.37. The molecule has 1 saturated carbocycles. The molecule has 0 saturated heterocycles. The van der Waals surface area contributed by atoms with E-state index in [0.717, 1.165) is 23.5 Å². The Bertz CT molecular complexity index is 718. The smallest absolute Gasteiger partial charge is 0.261 e. The number of rotatable bonds is 6. The fraction of sp³-hybridized carbons (Fsp3) is 0.368. The largest absolute Gasteiger partial charge is 0.480 e. The third-order valence-corrected chi connectivity index (χ3v) is 4.37. The Hall–Kier alpha value is -2.56. The van der Waals surface area contributed by atoms with Crippen LogP contribution < -0.4 is 14.8 Å². The van der Waals surface area contributed by atoms with Gasteiger partial charge in [-0.2, -0.15) is 0 Å². The van der Waals surface area contributed by atoms with Crippen molar-refractivity contribution in [3.8, 4) is 11.6 Å². The maximum absolute atomic E-state index is 12.3. The molecule has 1 aliphatic carbocycles. The number of hydrogen-bond donors (Lipinski definition) is 1. The molecule has 1 aromatic heterocycles. The van der Waals surface area contributed by atoms with Gasteiger partial charge >= 0.3 is 0 Å². The van der Waals surface area contributed by atoms with Crippen LogP contribution in [0.3, 0.4) is 0 Å². The molecule has 1 amide bonds. The number of carbonyl (C=O) groups is 1. The van der Waals surface area contributed by atoms with Gasteiger partial charge in [0, 0.05) is 25.2 Å². The van der Waals surface area contributed by atoms with Gasteiger partial charge in [-0.1, -0.05) is 18.2 Å². The molecule has 1 aromatic carbocycles. The molecule has 4 rings (SSSR count). The van der Waals surface area contributed by atoms with Crippen LogP contribution in [0.15, 0.2) is 42.6 Å². The van der Waals surface area contributed by atoms with Crippen LogP contribution in [0.4, 0.5) is 0 Å². The van der Waals surface area contributed by atoms with Crippen LogP contribution in [0.1, 0.15) is 24.0 Å². The zero-order valence-corrected chi connectivity index (χ0v) is 13.4. The second-order valence-corrected chi connectivity index (χ2v) is 6.39. The summed E-state index contributed by atoms with van der Waals surface area (Å²) in [6.45, 7) is 1.17. The Morgan fingerprint density at radius 3 is 3.00 bits per heavy atom. The average Bonchev–Trinajstić information content (AvgIpc) is 3.34. The van der Waals surface area contributed by atoms with Crippen molar-refractivity contribution in [2.45, 2.75) is 31.9 Å². The van der Waals surface area contributed by atoms with E-state index in [1.54, 1.807) is 6.20 Å². The quantitative estimate of drug-likeness (QED) is 0.887. The first-order chi connectivity index (χ1) is 11.8. The number of benzene rings is 1. The zero-order chi connectivity index (χ0) is 16.4. The summed E-state index contributed by atoms with van der Waals surface area (Å²) in [5.41, 5.74) is 2.05. The number of aromatic nitrogens is 1. The summed E-state index contributed by atoms with van der Waals surface area (Å²) in [5, 5.41) is 2.93. The Morgan fingerprint density at radius 1 is 1.29 bits per heavy atom. The minimum absolute atomic E-state index is 0.0940. The van der Waals surface area contributed by atoms with E-state index < -0.39 is 6.10 Å². The van der Waals surface area contributed by atoms with E-state index in [0.29, 0.717) is 24.8 Å². The van der Waals surface area contributed by atoms with Gasteiger partial charge in [-0.25, -0.2) is 4.98 Å².